The molecule has 0 aliphatic heterocycles. The third-order valence-electron chi connectivity index (χ3n) is 3.21. The Morgan fingerprint density at radius 3 is 2.89 bits per heavy atom. The van der Waals surface area contributed by atoms with Gasteiger partial charge >= 0.3 is 0 Å². The highest BCUT2D eigenvalue weighted by atomic mass is 16.4. The van der Waals surface area contributed by atoms with E-state index in [-0.39, 0.29) is 5.91 Å². The van der Waals surface area contributed by atoms with Gasteiger partial charge < -0.3 is 9.73 Å². The third kappa shape index (κ3) is 2.70. The van der Waals surface area contributed by atoms with Crippen LogP contribution in [0.5, 0.6) is 0 Å². The Balaban J connectivity index is 1.70. The number of nitrogens with zero attached hydrogens (tertiary/aromatic N) is 2. The summed E-state index contributed by atoms with van der Waals surface area (Å²) < 4.78 is 7.44. The first-order chi connectivity index (χ1) is 9.11. The van der Waals surface area contributed by atoms with E-state index < -0.39 is 0 Å². The molecule has 0 atom stereocenters. The van der Waals surface area contributed by atoms with Crippen LogP contribution in [0, 0.1) is 13.8 Å². The minimum absolute atomic E-state index is 0.123. The summed E-state index contributed by atoms with van der Waals surface area (Å²) in [6.45, 7) is 4.51. The van der Waals surface area contributed by atoms with Crippen molar-refractivity contribution < 1.29 is 9.21 Å². The van der Waals surface area contributed by atoms with Crippen molar-refractivity contribution in [3.8, 4) is 0 Å². The lowest BCUT2D eigenvalue weighted by molar-refractivity contribution is 0.0921. The van der Waals surface area contributed by atoms with Gasteiger partial charge in [0.25, 0.3) is 5.91 Å². The number of hydrogen-bond acceptors (Lipinski definition) is 3. The fourth-order valence-corrected chi connectivity index (χ4v) is 2.05. The summed E-state index contributed by atoms with van der Waals surface area (Å²) in [6.07, 6.45) is 2.15. The second kappa shape index (κ2) is 4.57. The topological polar surface area (TPSA) is 60.1 Å². The standard InChI is InChI=1S/C14H17N3O2/c1-9-7-10(2)17(16-9)8-12-5-6-13(19-12)14(18)15-11-3-4-11/h5-7,11H,3-4,8H2,1-2H3,(H,15,18). The smallest absolute Gasteiger partial charge is 0.287 e. The summed E-state index contributed by atoms with van der Waals surface area (Å²) in [5.41, 5.74) is 2.06. The van der Waals surface area contributed by atoms with Crippen molar-refractivity contribution in [2.75, 3.05) is 0 Å². The molecule has 0 spiro atoms. The van der Waals surface area contributed by atoms with Crippen LogP contribution in [0.4, 0.5) is 0 Å². The molecule has 1 aliphatic rings. The largest absolute Gasteiger partial charge is 0.454 e. The molecular weight excluding hydrogens is 242 g/mol. The number of aryl methyl sites for hydroxylation is 2. The highest BCUT2D eigenvalue weighted by Gasteiger charge is 2.25. The summed E-state index contributed by atoms with van der Waals surface area (Å²) in [5, 5.41) is 7.28. The van der Waals surface area contributed by atoms with Crippen LogP contribution in [-0.4, -0.2) is 21.7 Å². The average molecular weight is 259 g/mol. The fraction of sp³-hybridized carbons (Fsp3) is 0.429. The Labute approximate surface area is 111 Å². The van der Waals surface area contributed by atoms with E-state index in [0.717, 1.165) is 30.0 Å². The number of aromatic nitrogens is 2. The molecule has 0 unspecified atom stereocenters. The maximum Gasteiger partial charge on any atom is 0.287 e. The van der Waals surface area contributed by atoms with Crippen molar-refractivity contribution in [1.82, 2.24) is 15.1 Å². The molecular formula is C14H17N3O2. The monoisotopic (exact) mass is 259 g/mol. The van der Waals surface area contributed by atoms with Crippen LogP contribution in [-0.2, 0) is 6.54 Å². The van der Waals surface area contributed by atoms with E-state index in [9.17, 15) is 4.79 Å². The average Bonchev–Trinajstić information content (AvgIpc) is 2.94. The van der Waals surface area contributed by atoms with Crippen LogP contribution < -0.4 is 5.32 Å². The molecule has 1 saturated carbocycles. The highest BCUT2D eigenvalue weighted by molar-refractivity contribution is 5.91. The minimum atomic E-state index is -0.123. The van der Waals surface area contributed by atoms with Gasteiger partial charge in [-0.05, 0) is 44.9 Å². The molecule has 1 N–H and O–H groups in total. The van der Waals surface area contributed by atoms with Crippen LogP contribution in [0.3, 0.4) is 0 Å². The van der Waals surface area contributed by atoms with Crippen molar-refractivity contribution in [1.29, 1.82) is 0 Å². The Bertz CT molecular complexity index is 608. The molecule has 0 aromatic carbocycles. The van der Waals surface area contributed by atoms with Crippen LogP contribution in [0.1, 0.15) is 40.5 Å². The first-order valence-corrected chi connectivity index (χ1v) is 6.52. The predicted molar refractivity (Wildman–Crippen MR) is 70.0 cm³/mol. The van der Waals surface area contributed by atoms with Gasteiger partial charge in [-0.15, -0.1) is 0 Å². The zero-order chi connectivity index (χ0) is 13.4. The molecule has 5 heteroatoms. The maximum absolute atomic E-state index is 11.8. The lowest BCUT2D eigenvalue weighted by atomic mass is 10.4. The number of hydrogen-bond donors (Lipinski definition) is 1. The van der Waals surface area contributed by atoms with Crippen molar-refractivity contribution >= 4 is 5.91 Å². The van der Waals surface area contributed by atoms with E-state index in [1.165, 1.54) is 0 Å². The van der Waals surface area contributed by atoms with E-state index in [1.807, 2.05) is 30.7 Å². The molecule has 0 saturated heterocycles. The van der Waals surface area contributed by atoms with Gasteiger partial charge in [0.2, 0.25) is 0 Å². The molecule has 1 aliphatic carbocycles. The zero-order valence-electron chi connectivity index (χ0n) is 11.1. The predicted octanol–water partition coefficient (Wildman–Crippen LogP) is 2.03. The van der Waals surface area contributed by atoms with E-state index in [2.05, 4.69) is 10.4 Å². The Morgan fingerprint density at radius 2 is 2.26 bits per heavy atom. The number of rotatable bonds is 4. The van der Waals surface area contributed by atoms with Gasteiger partial charge in [-0.1, -0.05) is 0 Å². The summed E-state index contributed by atoms with van der Waals surface area (Å²) in [5.74, 6) is 0.998. The van der Waals surface area contributed by atoms with Crippen molar-refractivity contribution in [3.05, 3.63) is 41.1 Å². The van der Waals surface area contributed by atoms with Crippen molar-refractivity contribution in [2.45, 2.75) is 39.3 Å². The molecule has 100 valence electrons. The summed E-state index contributed by atoms with van der Waals surface area (Å²) in [6, 6.07) is 5.91. The molecule has 19 heavy (non-hydrogen) atoms. The maximum atomic E-state index is 11.8. The number of amides is 1. The van der Waals surface area contributed by atoms with Crippen LogP contribution in [0.15, 0.2) is 22.6 Å². The number of carbonyl (C=O) groups excluding carboxylic acids is 1. The second-order valence-electron chi connectivity index (χ2n) is 5.10. The van der Waals surface area contributed by atoms with Gasteiger partial charge in [0.15, 0.2) is 5.76 Å². The molecule has 0 bridgehead atoms. The zero-order valence-corrected chi connectivity index (χ0v) is 11.1. The first kappa shape index (κ1) is 12.0. The third-order valence-corrected chi connectivity index (χ3v) is 3.21. The highest BCUT2D eigenvalue weighted by Crippen LogP contribution is 2.20. The number of carbonyl (C=O) groups is 1. The van der Waals surface area contributed by atoms with Gasteiger partial charge in [-0.3, -0.25) is 9.48 Å². The lowest BCUT2D eigenvalue weighted by Gasteiger charge is -2.02. The van der Waals surface area contributed by atoms with Crippen LogP contribution in [0.2, 0.25) is 0 Å². The number of furan rings is 1. The second-order valence-corrected chi connectivity index (χ2v) is 5.10. The molecule has 0 radical (unpaired) electrons. The van der Waals surface area contributed by atoms with Gasteiger partial charge in [0, 0.05) is 11.7 Å². The molecule has 1 amide bonds. The fourth-order valence-electron chi connectivity index (χ4n) is 2.05. The number of nitrogens with one attached hydrogen (secondary N) is 1. The molecule has 2 aromatic heterocycles. The van der Waals surface area contributed by atoms with Gasteiger partial charge in [0.05, 0.1) is 12.2 Å². The summed E-state index contributed by atoms with van der Waals surface area (Å²) in [7, 11) is 0. The quantitative estimate of drug-likeness (QED) is 0.914. The molecule has 2 heterocycles. The van der Waals surface area contributed by atoms with Gasteiger partial charge in [0.1, 0.15) is 5.76 Å². The SMILES string of the molecule is Cc1cc(C)n(Cc2ccc(C(=O)NC3CC3)o2)n1. The van der Waals surface area contributed by atoms with E-state index in [0.29, 0.717) is 18.3 Å². The normalized spacial score (nSPS) is 14.6. The van der Waals surface area contributed by atoms with Gasteiger partial charge in [-0.2, -0.15) is 5.10 Å². The molecule has 3 rings (SSSR count). The lowest BCUT2D eigenvalue weighted by Crippen LogP contribution is -2.24. The Hall–Kier alpha value is -2.04. The van der Waals surface area contributed by atoms with E-state index in [1.54, 1.807) is 6.07 Å². The van der Waals surface area contributed by atoms with Crippen LogP contribution in [0.25, 0.3) is 0 Å². The van der Waals surface area contributed by atoms with Crippen molar-refractivity contribution in [2.24, 2.45) is 0 Å². The molecule has 5 nitrogen and oxygen atoms in total. The van der Waals surface area contributed by atoms with Crippen LogP contribution >= 0.6 is 0 Å². The minimum Gasteiger partial charge on any atom is -0.454 e. The molecule has 1 fully saturated rings. The van der Waals surface area contributed by atoms with E-state index in [4.69, 9.17) is 4.42 Å². The first-order valence-electron chi connectivity index (χ1n) is 6.52. The van der Waals surface area contributed by atoms with E-state index >= 15 is 0 Å². The summed E-state index contributed by atoms with van der Waals surface area (Å²) >= 11 is 0. The summed E-state index contributed by atoms with van der Waals surface area (Å²) in [4.78, 5) is 11.8. The Morgan fingerprint density at radius 1 is 1.47 bits per heavy atom. The van der Waals surface area contributed by atoms with Crippen molar-refractivity contribution in [3.63, 3.8) is 0 Å². The van der Waals surface area contributed by atoms with Gasteiger partial charge in [-0.25, -0.2) is 0 Å². The molecule has 2 aromatic rings. The Kier molecular flexibility index (Phi) is 2.89.